The van der Waals surface area contributed by atoms with Crippen molar-refractivity contribution < 1.29 is 14.3 Å². The summed E-state index contributed by atoms with van der Waals surface area (Å²) in [6, 6.07) is 3.41. The molecular weight excluding hydrogens is 336 g/mol. The zero-order valence-electron chi connectivity index (χ0n) is 15.8. The highest BCUT2D eigenvalue weighted by molar-refractivity contribution is 5.93. The van der Waals surface area contributed by atoms with E-state index in [0.717, 1.165) is 0 Å². The summed E-state index contributed by atoms with van der Waals surface area (Å²) < 4.78 is 5.14. The minimum absolute atomic E-state index is 0.176. The molecule has 0 aliphatic heterocycles. The molecule has 0 saturated carbocycles. The second-order valence-electron chi connectivity index (χ2n) is 6.35. The highest BCUT2D eigenvalue weighted by atomic mass is 16.6. The van der Waals surface area contributed by atoms with E-state index in [1.54, 1.807) is 25.4 Å². The molecule has 144 valence electrons. The van der Waals surface area contributed by atoms with Crippen molar-refractivity contribution in [3.8, 4) is 0 Å². The predicted molar refractivity (Wildman–Crippen MR) is 100 cm³/mol. The number of aromatic nitrogens is 1. The number of nitrogens with one attached hydrogen (secondary N) is 4. The summed E-state index contributed by atoms with van der Waals surface area (Å²) in [5, 5.41) is 11.6. The summed E-state index contributed by atoms with van der Waals surface area (Å²) in [6.07, 6.45) is 2.67. The van der Waals surface area contributed by atoms with Crippen LogP contribution in [-0.2, 0) is 4.74 Å². The number of hydrogen-bond donors (Lipinski definition) is 4. The van der Waals surface area contributed by atoms with Crippen molar-refractivity contribution in [3.63, 3.8) is 0 Å². The van der Waals surface area contributed by atoms with Gasteiger partial charge in [0.15, 0.2) is 5.96 Å². The van der Waals surface area contributed by atoms with Gasteiger partial charge >= 0.3 is 6.09 Å². The quantitative estimate of drug-likeness (QED) is 0.318. The third-order valence-corrected chi connectivity index (χ3v) is 2.94. The van der Waals surface area contributed by atoms with E-state index in [1.165, 1.54) is 6.20 Å². The topological polar surface area (TPSA) is 117 Å². The molecule has 0 aromatic carbocycles. The Hall–Kier alpha value is -2.84. The third kappa shape index (κ3) is 9.45. The summed E-state index contributed by atoms with van der Waals surface area (Å²) in [7, 11) is 1.64. The van der Waals surface area contributed by atoms with Crippen LogP contribution in [0.4, 0.5) is 4.79 Å². The van der Waals surface area contributed by atoms with Gasteiger partial charge in [0.2, 0.25) is 0 Å². The summed E-state index contributed by atoms with van der Waals surface area (Å²) in [5.41, 5.74) is -0.00163. The number of amides is 2. The molecule has 4 N–H and O–H groups in total. The fourth-order valence-electron chi connectivity index (χ4n) is 1.84. The lowest BCUT2D eigenvalue weighted by molar-refractivity contribution is 0.0528. The Kier molecular flexibility index (Phi) is 8.90. The second-order valence-corrected chi connectivity index (χ2v) is 6.35. The Morgan fingerprint density at radius 2 is 1.69 bits per heavy atom. The van der Waals surface area contributed by atoms with E-state index in [4.69, 9.17) is 4.74 Å². The van der Waals surface area contributed by atoms with Crippen molar-refractivity contribution in [2.75, 3.05) is 33.2 Å². The van der Waals surface area contributed by atoms with Gasteiger partial charge in [0.25, 0.3) is 5.91 Å². The van der Waals surface area contributed by atoms with E-state index in [9.17, 15) is 9.59 Å². The van der Waals surface area contributed by atoms with Crippen molar-refractivity contribution in [2.45, 2.75) is 26.4 Å². The van der Waals surface area contributed by atoms with Crippen LogP contribution in [0.5, 0.6) is 0 Å². The lowest BCUT2D eigenvalue weighted by Crippen LogP contribution is -2.44. The molecule has 1 heterocycles. The van der Waals surface area contributed by atoms with Crippen molar-refractivity contribution in [3.05, 3.63) is 30.1 Å². The maximum absolute atomic E-state index is 11.9. The Balaban J connectivity index is 2.15. The smallest absolute Gasteiger partial charge is 0.407 e. The van der Waals surface area contributed by atoms with Gasteiger partial charge in [-0.1, -0.05) is 0 Å². The van der Waals surface area contributed by atoms with E-state index >= 15 is 0 Å². The lowest BCUT2D eigenvalue weighted by Gasteiger charge is -2.19. The number of ether oxygens (including phenoxy) is 1. The molecule has 0 saturated heterocycles. The molecule has 0 aliphatic rings. The highest BCUT2D eigenvalue weighted by Gasteiger charge is 2.15. The van der Waals surface area contributed by atoms with Gasteiger partial charge in [0, 0.05) is 45.6 Å². The van der Waals surface area contributed by atoms with Crippen LogP contribution >= 0.6 is 0 Å². The number of rotatable bonds is 7. The Morgan fingerprint density at radius 3 is 2.23 bits per heavy atom. The van der Waals surface area contributed by atoms with Crippen LogP contribution in [-0.4, -0.2) is 61.8 Å². The number of alkyl carbamates (subject to hydrolysis) is 1. The van der Waals surface area contributed by atoms with Gasteiger partial charge in [-0.3, -0.25) is 14.8 Å². The first-order valence-electron chi connectivity index (χ1n) is 8.41. The van der Waals surface area contributed by atoms with Crippen molar-refractivity contribution in [1.82, 2.24) is 26.3 Å². The van der Waals surface area contributed by atoms with Crippen LogP contribution in [0, 0.1) is 0 Å². The number of carbonyl (C=O) groups is 2. The third-order valence-electron chi connectivity index (χ3n) is 2.94. The van der Waals surface area contributed by atoms with Gasteiger partial charge in [0.05, 0.1) is 5.56 Å². The number of nitrogens with zero attached hydrogens (tertiary/aromatic N) is 2. The molecule has 2 amide bonds. The number of aliphatic imine (C=N–C) groups is 1. The van der Waals surface area contributed by atoms with Crippen LogP contribution in [0.1, 0.15) is 31.1 Å². The fraction of sp³-hybridized carbons (Fsp3) is 0.529. The molecule has 1 aromatic rings. The Labute approximate surface area is 154 Å². The summed E-state index contributed by atoms with van der Waals surface area (Å²) in [5.74, 6) is 0.399. The average molecular weight is 364 g/mol. The number of pyridine rings is 1. The van der Waals surface area contributed by atoms with Gasteiger partial charge in [-0.05, 0) is 32.9 Å². The maximum Gasteiger partial charge on any atom is 0.407 e. The van der Waals surface area contributed by atoms with Gasteiger partial charge in [-0.2, -0.15) is 0 Å². The summed E-state index contributed by atoms with van der Waals surface area (Å²) in [4.78, 5) is 31.3. The maximum atomic E-state index is 11.9. The van der Waals surface area contributed by atoms with Crippen LogP contribution in [0.2, 0.25) is 0 Å². The largest absolute Gasteiger partial charge is 0.444 e. The summed E-state index contributed by atoms with van der Waals surface area (Å²) >= 11 is 0. The normalized spacial score (nSPS) is 11.5. The first-order valence-corrected chi connectivity index (χ1v) is 8.41. The average Bonchev–Trinajstić information content (AvgIpc) is 2.59. The fourth-order valence-corrected chi connectivity index (χ4v) is 1.84. The number of guanidine groups is 1. The molecule has 26 heavy (non-hydrogen) atoms. The summed E-state index contributed by atoms with van der Waals surface area (Å²) in [6.45, 7) is 7.25. The molecule has 0 bridgehead atoms. The van der Waals surface area contributed by atoms with E-state index in [1.807, 2.05) is 20.8 Å². The standard InChI is InChI=1S/C17H28N6O3/c1-17(2,3)26-16(25)23-11-10-22-15(18-4)21-9-8-20-14(24)13-6-5-7-19-12-13/h5-7,12H,8-11H2,1-4H3,(H,20,24)(H,23,25)(H2,18,21,22). The van der Waals surface area contributed by atoms with Crippen molar-refractivity contribution in [2.24, 2.45) is 4.99 Å². The first-order chi connectivity index (χ1) is 12.3. The Bertz CT molecular complexity index is 598. The second kappa shape index (κ2) is 10.9. The number of carbonyl (C=O) groups excluding carboxylic acids is 2. The zero-order chi connectivity index (χ0) is 19.4. The molecular formula is C17H28N6O3. The van der Waals surface area contributed by atoms with E-state index in [-0.39, 0.29) is 5.91 Å². The van der Waals surface area contributed by atoms with Crippen molar-refractivity contribution in [1.29, 1.82) is 0 Å². The SMILES string of the molecule is CN=C(NCCNC(=O)OC(C)(C)C)NCCNC(=O)c1cccnc1. The van der Waals surface area contributed by atoms with Crippen LogP contribution in [0.25, 0.3) is 0 Å². The molecule has 0 aliphatic carbocycles. The van der Waals surface area contributed by atoms with Crippen LogP contribution < -0.4 is 21.3 Å². The van der Waals surface area contributed by atoms with Gasteiger partial charge in [-0.15, -0.1) is 0 Å². The minimum atomic E-state index is -0.519. The zero-order valence-corrected chi connectivity index (χ0v) is 15.8. The monoisotopic (exact) mass is 364 g/mol. The molecule has 0 spiro atoms. The molecule has 9 heteroatoms. The Morgan fingerprint density at radius 1 is 1.08 bits per heavy atom. The molecule has 0 atom stereocenters. The van der Waals surface area contributed by atoms with Crippen LogP contribution in [0.15, 0.2) is 29.5 Å². The molecule has 0 fully saturated rings. The van der Waals surface area contributed by atoms with E-state index < -0.39 is 11.7 Å². The van der Waals surface area contributed by atoms with Crippen molar-refractivity contribution >= 4 is 18.0 Å². The van der Waals surface area contributed by atoms with Gasteiger partial charge in [-0.25, -0.2) is 4.79 Å². The van der Waals surface area contributed by atoms with Crippen LogP contribution in [0.3, 0.4) is 0 Å². The van der Waals surface area contributed by atoms with Gasteiger partial charge < -0.3 is 26.0 Å². The molecule has 1 rings (SSSR count). The van der Waals surface area contributed by atoms with Gasteiger partial charge in [0.1, 0.15) is 5.60 Å². The molecule has 1 aromatic heterocycles. The lowest BCUT2D eigenvalue weighted by atomic mass is 10.2. The minimum Gasteiger partial charge on any atom is -0.444 e. The van der Waals surface area contributed by atoms with E-state index in [0.29, 0.717) is 37.7 Å². The highest BCUT2D eigenvalue weighted by Crippen LogP contribution is 2.05. The first kappa shape index (κ1) is 21.2. The van der Waals surface area contributed by atoms with E-state index in [2.05, 4.69) is 31.2 Å². The molecule has 0 unspecified atom stereocenters. The molecule has 0 radical (unpaired) electrons. The predicted octanol–water partition coefficient (Wildman–Crippen LogP) is 0.501. The number of hydrogen-bond acceptors (Lipinski definition) is 5. The molecule has 9 nitrogen and oxygen atoms in total.